The van der Waals surface area contributed by atoms with Crippen LogP contribution in [0.2, 0.25) is 0 Å². The summed E-state index contributed by atoms with van der Waals surface area (Å²) in [6.07, 6.45) is 2.78. The van der Waals surface area contributed by atoms with Crippen LogP contribution in [0.25, 0.3) is 0 Å². The van der Waals surface area contributed by atoms with Gasteiger partial charge in [-0.3, -0.25) is 9.69 Å². The highest BCUT2D eigenvalue weighted by Gasteiger charge is 2.28. The minimum atomic E-state index is -3.55. The fourth-order valence-corrected chi connectivity index (χ4v) is 6.57. The second kappa shape index (κ2) is 12.7. The largest absolute Gasteiger partial charge is 0.297 e. The molecule has 3 aromatic carbocycles. The second-order valence-electron chi connectivity index (χ2n) is 10.3. The van der Waals surface area contributed by atoms with Crippen LogP contribution in [-0.4, -0.2) is 42.5 Å². The van der Waals surface area contributed by atoms with Gasteiger partial charge in [-0.1, -0.05) is 59.3 Å². The minimum Gasteiger partial charge on any atom is -0.297 e. The number of benzene rings is 3. The Morgan fingerprint density at radius 2 is 1.66 bits per heavy atom. The van der Waals surface area contributed by atoms with Crippen LogP contribution in [0.1, 0.15) is 66.2 Å². The third-order valence-corrected chi connectivity index (χ3v) is 9.74. The van der Waals surface area contributed by atoms with Crippen LogP contribution < -0.4 is 0 Å². The zero-order valence-corrected chi connectivity index (χ0v) is 24.9. The molecule has 0 fully saturated rings. The third-order valence-electron chi connectivity index (χ3n) is 7.35. The Morgan fingerprint density at radius 3 is 2.32 bits per heavy atom. The first-order valence-corrected chi connectivity index (χ1v) is 15.6. The molecule has 0 N–H and O–H groups in total. The van der Waals surface area contributed by atoms with E-state index < -0.39 is 10.0 Å². The van der Waals surface area contributed by atoms with E-state index in [4.69, 9.17) is 0 Å². The summed E-state index contributed by atoms with van der Waals surface area (Å²) in [6.45, 7) is 8.90. The molecule has 1 aliphatic heterocycles. The molecule has 202 valence electrons. The molecule has 1 aliphatic rings. The third kappa shape index (κ3) is 7.00. The van der Waals surface area contributed by atoms with Gasteiger partial charge in [0.15, 0.2) is 5.78 Å². The summed E-state index contributed by atoms with van der Waals surface area (Å²) in [4.78, 5) is 15.7. The number of Topliss-reactive ketones (excluding diaryl/α,β-unsaturated/α-hetero) is 1. The number of halogens is 1. The van der Waals surface area contributed by atoms with Gasteiger partial charge in [0.05, 0.1) is 4.90 Å². The molecule has 5 nitrogen and oxygen atoms in total. The first-order valence-electron chi connectivity index (χ1n) is 13.4. The van der Waals surface area contributed by atoms with E-state index in [1.165, 1.54) is 5.56 Å². The molecule has 0 spiro atoms. The van der Waals surface area contributed by atoms with Crippen LogP contribution in [0.3, 0.4) is 0 Å². The van der Waals surface area contributed by atoms with Crippen LogP contribution in [0.5, 0.6) is 0 Å². The predicted molar refractivity (Wildman–Crippen MR) is 157 cm³/mol. The van der Waals surface area contributed by atoms with Crippen molar-refractivity contribution in [2.75, 3.05) is 13.1 Å². The average molecular weight is 598 g/mol. The summed E-state index contributed by atoms with van der Waals surface area (Å²) >= 11 is 3.49. The highest BCUT2D eigenvalue weighted by Crippen LogP contribution is 2.26. The van der Waals surface area contributed by atoms with E-state index in [-0.39, 0.29) is 5.78 Å². The molecule has 0 unspecified atom stereocenters. The summed E-state index contributed by atoms with van der Waals surface area (Å²) in [6, 6.07) is 21.7. The number of ketones is 1. The Morgan fingerprint density at radius 1 is 0.974 bits per heavy atom. The van der Waals surface area contributed by atoms with Gasteiger partial charge >= 0.3 is 0 Å². The Labute approximate surface area is 236 Å². The molecule has 0 aliphatic carbocycles. The molecular weight excluding hydrogens is 560 g/mol. The van der Waals surface area contributed by atoms with Gasteiger partial charge in [0, 0.05) is 42.1 Å². The van der Waals surface area contributed by atoms with E-state index in [2.05, 4.69) is 65.9 Å². The lowest BCUT2D eigenvalue weighted by atomic mass is 9.96. The molecule has 38 heavy (non-hydrogen) atoms. The summed E-state index contributed by atoms with van der Waals surface area (Å²) < 4.78 is 29.0. The maximum atomic E-state index is 13.2. The van der Waals surface area contributed by atoms with Gasteiger partial charge < -0.3 is 0 Å². The number of nitrogens with zero attached hydrogens (tertiary/aromatic N) is 2. The first kappa shape index (κ1) is 28.7. The van der Waals surface area contributed by atoms with Crippen molar-refractivity contribution in [1.82, 2.24) is 9.21 Å². The fraction of sp³-hybridized carbons (Fsp3) is 0.387. The van der Waals surface area contributed by atoms with Crippen molar-refractivity contribution in [2.24, 2.45) is 0 Å². The van der Waals surface area contributed by atoms with Crippen molar-refractivity contribution in [3.8, 4) is 0 Å². The topological polar surface area (TPSA) is 57.7 Å². The van der Waals surface area contributed by atoms with Gasteiger partial charge in [-0.05, 0) is 92.2 Å². The van der Waals surface area contributed by atoms with E-state index in [9.17, 15) is 13.2 Å². The summed E-state index contributed by atoms with van der Waals surface area (Å²) in [7, 11) is -3.55. The standard InChI is InChI=1S/C31H37BrN2O3S/c1-4-24-9-15-30(16-10-24)38(36,37)34-19-17-26-20-27(11-12-28(26)22-34)31(35)6-5-18-33(23(2)3)21-25-7-13-29(32)14-8-25/h7-16,20,23H,4-6,17-19,21-22H2,1-3H3. The zero-order valence-electron chi connectivity index (χ0n) is 22.5. The highest BCUT2D eigenvalue weighted by molar-refractivity contribution is 9.10. The molecule has 7 heteroatoms. The van der Waals surface area contributed by atoms with Crippen LogP contribution in [0.15, 0.2) is 76.1 Å². The first-order chi connectivity index (χ1) is 18.2. The number of hydrogen-bond donors (Lipinski definition) is 0. The number of hydrogen-bond acceptors (Lipinski definition) is 4. The Kier molecular flexibility index (Phi) is 9.58. The monoisotopic (exact) mass is 596 g/mol. The van der Waals surface area contributed by atoms with Crippen LogP contribution in [-0.2, 0) is 36.0 Å². The average Bonchev–Trinajstić information content (AvgIpc) is 2.92. The smallest absolute Gasteiger partial charge is 0.243 e. The maximum Gasteiger partial charge on any atom is 0.243 e. The summed E-state index contributed by atoms with van der Waals surface area (Å²) in [5, 5.41) is 0. The van der Waals surface area contributed by atoms with Crippen LogP contribution in [0.4, 0.5) is 0 Å². The van der Waals surface area contributed by atoms with Gasteiger partial charge in [-0.2, -0.15) is 4.31 Å². The normalized spacial score (nSPS) is 14.2. The lowest BCUT2D eigenvalue weighted by molar-refractivity contribution is 0.0970. The molecule has 1 heterocycles. The molecule has 0 bridgehead atoms. The van der Waals surface area contributed by atoms with Crippen molar-refractivity contribution in [3.63, 3.8) is 0 Å². The molecule has 0 saturated carbocycles. The van der Waals surface area contributed by atoms with Gasteiger partial charge in [0.2, 0.25) is 10.0 Å². The maximum absolute atomic E-state index is 13.2. The van der Waals surface area contributed by atoms with E-state index in [1.54, 1.807) is 16.4 Å². The Balaban J connectivity index is 1.35. The van der Waals surface area contributed by atoms with Crippen molar-refractivity contribution >= 4 is 31.7 Å². The van der Waals surface area contributed by atoms with E-state index in [0.717, 1.165) is 52.7 Å². The summed E-state index contributed by atoms with van der Waals surface area (Å²) in [5.74, 6) is 0.145. The number of carbonyl (C=O) groups excluding carboxylic acids is 1. The van der Waals surface area contributed by atoms with E-state index in [0.29, 0.717) is 36.9 Å². The second-order valence-corrected chi connectivity index (χ2v) is 13.1. The number of sulfonamides is 1. The number of rotatable bonds is 11. The molecule has 0 aromatic heterocycles. The van der Waals surface area contributed by atoms with Gasteiger partial charge in [0.25, 0.3) is 0 Å². The quantitative estimate of drug-likeness (QED) is 0.233. The minimum absolute atomic E-state index is 0.145. The lowest BCUT2D eigenvalue weighted by Gasteiger charge is -2.28. The highest BCUT2D eigenvalue weighted by atomic mass is 79.9. The number of carbonyl (C=O) groups is 1. The van der Waals surface area contributed by atoms with Crippen LogP contribution >= 0.6 is 15.9 Å². The fourth-order valence-electron chi connectivity index (χ4n) is 4.88. The molecule has 0 saturated heterocycles. The van der Waals surface area contributed by atoms with Crippen molar-refractivity contribution < 1.29 is 13.2 Å². The molecule has 4 rings (SSSR count). The number of fused-ring (bicyclic) bond motifs is 1. The SMILES string of the molecule is CCc1ccc(S(=O)(=O)N2CCc3cc(C(=O)CCCN(Cc4ccc(Br)cc4)C(C)C)ccc3C2)cc1. The Bertz CT molecular complexity index is 1350. The van der Waals surface area contributed by atoms with Gasteiger partial charge in [-0.15, -0.1) is 0 Å². The molecular formula is C31H37BrN2O3S. The van der Waals surface area contributed by atoms with E-state index >= 15 is 0 Å². The molecule has 0 atom stereocenters. The number of aryl methyl sites for hydroxylation is 1. The van der Waals surface area contributed by atoms with Gasteiger partial charge in [0.1, 0.15) is 0 Å². The van der Waals surface area contributed by atoms with Gasteiger partial charge in [-0.25, -0.2) is 8.42 Å². The van der Waals surface area contributed by atoms with Crippen molar-refractivity contribution in [3.05, 3.63) is 99.0 Å². The van der Waals surface area contributed by atoms with E-state index in [1.807, 2.05) is 30.3 Å². The van der Waals surface area contributed by atoms with Crippen molar-refractivity contribution in [2.45, 2.75) is 70.5 Å². The lowest BCUT2D eigenvalue weighted by Crippen LogP contribution is -2.36. The van der Waals surface area contributed by atoms with Crippen LogP contribution in [0, 0.1) is 0 Å². The zero-order chi connectivity index (χ0) is 27.3. The molecule has 0 radical (unpaired) electrons. The molecule has 3 aromatic rings. The molecule has 0 amide bonds. The van der Waals surface area contributed by atoms with Crippen molar-refractivity contribution in [1.29, 1.82) is 0 Å². The summed E-state index contributed by atoms with van der Waals surface area (Å²) in [5.41, 5.74) is 5.15. The predicted octanol–water partition coefficient (Wildman–Crippen LogP) is 6.63. The Hall–Kier alpha value is -2.32.